The fourth-order valence-corrected chi connectivity index (χ4v) is 4.69. The van der Waals surface area contributed by atoms with Crippen LogP contribution in [0, 0.1) is 18.2 Å². The van der Waals surface area contributed by atoms with Crippen LogP contribution in [0.25, 0.3) is 11.3 Å². The number of aryl methyl sites for hydroxylation is 1. The third-order valence-electron chi connectivity index (χ3n) is 6.78. The van der Waals surface area contributed by atoms with Crippen LogP contribution in [0.2, 0.25) is 5.02 Å². The van der Waals surface area contributed by atoms with Crippen molar-refractivity contribution >= 4 is 23.3 Å². The van der Waals surface area contributed by atoms with E-state index in [9.17, 15) is 14.3 Å². The molecule has 3 heterocycles. The van der Waals surface area contributed by atoms with E-state index in [1.807, 2.05) is 19.1 Å². The second-order valence-electron chi connectivity index (χ2n) is 10.0. The molecule has 0 atom stereocenters. The minimum atomic E-state index is -0.880. The van der Waals surface area contributed by atoms with Gasteiger partial charge in [0.2, 0.25) is 0 Å². The van der Waals surface area contributed by atoms with Crippen LogP contribution in [-0.4, -0.2) is 40.7 Å². The summed E-state index contributed by atoms with van der Waals surface area (Å²) >= 11 is 5.85. The molecule has 1 saturated heterocycles. The maximum absolute atomic E-state index is 13.3. The van der Waals surface area contributed by atoms with Gasteiger partial charge in [0.1, 0.15) is 11.6 Å². The maximum Gasteiger partial charge on any atom is 0.307 e. The van der Waals surface area contributed by atoms with Gasteiger partial charge in [0.15, 0.2) is 0 Å². The molecule has 6 nitrogen and oxygen atoms in total. The second-order valence-corrected chi connectivity index (χ2v) is 10.4. The van der Waals surface area contributed by atoms with E-state index >= 15 is 0 Å². The van der Waals surface area contributed by atoms with Crippen molar-refractivity contribution < 1.29 is 19.0 Å². The molecule has 3 aromatic rings. The van der Waals surface area contributed by atoms with Crippen molar-refractivity contribution in [1.29, 1.82) is 0 Å². The molecule has 0 radical (unpaired) electrons. The highest BCUT2D eigenvalue weighted by atomic mass is 35.5. The summed E-state index contributed by atoms with van der Waals surface area (Å²) in [6, 6.07) is 8.36. The first-order valence-electron chi connectivity index (χ1n) is 12.1. The number of hydrogen-bond acceptors (Lipinski definition) is 5. The van der Waals surface area contributed by atoms with E-state index in [-0.39, 0.29) is 16.9 Å². The Bertz CT molecular complexity index is 1240. The summed E-state index contributed by atoms with van der Waals surface area (Å²) in [5.74, 6) is -0.709. The predicted molar refractivity (Wildman–Crippen MR) is 139 cm³/mol. The van der Waals surface area contributed by atoms with Crippen molar-refractivity contribution in [3.05, 3.63) is 70.4 Å². The molecule has 0 aliphatic carbocycles. The fraction of sp³-hybridized carbons (Fsp3) is 0.393. The van der Waals surface area contributed by atoms with Crippen molar-refractivity contribution in [2.75, 3.05) is 24.6 Å². The lowest BCUT2D eigenvalue weighted by Gasteiger charge is -2.40. The van der Waals surface area contributed by atoms with E-state index in [2.05, 4.69) is 28.7 Å². The zero-order valence-electron chi connectivity index (χ0n) is 20.9. The molecule has 4 rings (SSSR count). The van der Waals surface area contributed by atoms with Gasteiger partial charge < -0.3 is 14.7 Å². The average Bonchev–Trinajstić information content (AvgIpc) is 2.83. The molecule has 0 amide bonds. The number of aromatic nitrogens is 2. The molecule has 1 aliphatic heterocycles. The van der Waals surface area contributed by atoms with Gasteiger partial charge in [-0.2, -0.15) is 0 Å². The monoisotopic (exact) mass is 511 g/mol. The van der Waals surface area contributed by atoms with Crippen LogP contribution in [0.3, 0.4) is 0 Å². The first-order valence-corrected chi connectivity index (χ1v) is 12.5. The second kappa shape index (κ2) is 10.8. The van der Waals surface area contributed by atoms with E-state index in [0.717, 1.165) is 54.0 Å². The Kier molecular flexibility index (Phi) is 7.79. The number of aliphatic carboxylic acids is 1. The molecule has 1 N–H and O–H groups in total. The van der Waals surface area contributed by atoms with Gasteiger partial charge in [0, 0.05) is 42.5 Å². The number of rotatable bonds is 8. The highest BCUT2D eigenvalue weighted by Crippen LogP contribution is 2.39. The Morgan fingerprint density at radius 3 is 2.56 bits per heavy atom. The largest absolute Gasteiger partial charge is 0.492 e. The number of anilines is 1. The third kappa shape index (κ3) is 6.13. The molecule has 0 bridgehead atoms. The van der Waals surface area contributed by atoms with Crippen molar-refractivity contribution in [1.82, 2.24) is 9.97 Å². The number of benzene rings is 1. The standard InChI is InChI=1S/C28H31ClFN3O3/c1-18-21(15-26(34)35)27(33-11-9-28(2,3)10-12-33)22(17-31-18)25-7-5-20(16-32-25)36-13-8-19-4-6-24(30)23(29)14-19/h4-7,14,16-17H,8-13,15H2,1-3H3,(H,34,35). The minimum absolute atomic E-state index is 0.0868. The van der Waals surface area contributed by atoms with Gasteiger partial charge >= 0.3 is 5.97 Å². The molecule has 1 fully saturated rings. The minimum Gasteiger partial charge on any atom is -0.492 e. The van der Waals surface area contributed by atoms with E-state index < -0.39 is 11.8 Å². The van der Waals surface area contributed by atoms with Crippen molar-refractivity contribution in [2.24, 2.45) is 5.41 Å². The quantitative estimate of drug-likeness (QED) is 0.392. The number of piperidine rings is 1. The third-order valence-corrected chi connectivity index (χ3v) is 7.07. The number of hydrogen-bond donors (Lipinski definition) is 1. The first-order chi connectivity index (χ1) is 17.1. The van der Waals surface area contributed by atoms with Gasteiger partial charge in [-0.1, -0.05) is 31.5 Å². The van der Waals surface area contributed by atoms with E-state index in [0.29, 0.717) is 24.5 Å². The first kappa shape index (κ1) is 25.9. The molecule has 0 spiro atoms. The molecular formula is C28H31ClFN3O3. The van der Waals surface area contributed by atoms with Gasteiger partial charge in [0.25, 0.3) is 0 Å². The van der Waals surface area contributed by atoms with E-state index in [1.165, 1.54) is 6.07 Å². The molecular weight excluding hydrogens is 481 g/mol. The molecule has 1 aliphatic rings. The smallest absolute Gasteiger partial charge is 0.307 e. The van der Waals surface area contributed by atoms with Gasteiger partial charge in [0.05, 0.1) is 35.6 Å². The Labute approximate surface area is 216 Å². The number of nitrogens with zero attached hydrogens (tertiary/aromatic N) is 3. The van der Waals surface area contributed by atoms with Crippen LogP contribution in [0.15, 0.2) is 42.7 Å². The number of carboxylic acid groups (broad SMARTS) is 1. The fourth-order valence-electron chi connectivity index (χ4n) is 4.49. The highest BCUT2D eigenvalue weighted by Gasteiger charge is 2.29. The van der Waals surface area contributed by atoms with Crippen LogP contribution < -0.4 is 9.64 Å². The predicted octanol–water partition coefficient (Wildman–Crippen LogP) is 6.12. The number of pyridine rings is 2. The molecule has 1 aromatic carbocycles. The van der Waals surface area contributed by atoms with Crippen LogP contribution >= 0.6 is 11.6 Å². The lowest BCUT2D eigenvalue weighted by Crippen LogP contribution is -2.38. The molecule has 8 heteroatoms. The molecule has 2 aromatic heterocycles. The lowest BCUT2D eigenvalue weighted by molar-refractivity contribution is -0.136. The molecule has 190 valence electrons. The lowest BCUT2D eigenvalue weighted by atomic mass is 9.82. The van der Waals surface area contributed by atoms with E-state index in [4.69, 9.17) is 16.3 Å². The summed E-state index contributed by atoms with van der Waals surface area (Å²) in [7, 11) is 0. The summed E-state index contributed by atoms with van der Waals surface area (Å²) in [6.07, 6.45) is 6.00. The average molecular weight is 512 g/mol. The zero-order valence-corrected chi connectivity index (χ0v) is 21.6. The number of carbonyl (C=O) groups is 1. The van der Waals surface area contributed by atoms with Crippen LogP contribution in [0.5, 0.6) is 5.75 Å². The van der Waals surface area contributed by atoms with E-state index in [1.54, 1.807) is 24.5 Å². The number of carboxylic acids is 1. The summed E-state index contributed by atoms with van der Waals surface area (Å²) < 4.78 is 19.2. The van der Waals surface area contributed by atoms with Gasteiger partial charge in [-0.3, -0.25) is 14.8 Å². The topological polar surface area (TPSA) is 75.6 Å². The summed E-state index contributed by atoms with van der Waals surface area (Å²) in [5, 5.41) is 9.68. The number of ether oxygens (including phenoxy) is 1. The normalized spacial score (nSPS) is 15.1. The Morgan fingerprint density at radius 2 is 1.92 bits per heavy atom. The van der Waals surface area contributed by atoms with Gasteiger partial charge in [-0.05, 0) is 55.0 Å². The van der Waals surface area contributed by atoms with Gasteiger partial charge in [-0.25, -0.2) is 4.39 Å². The number of halogens is 2. The van der Waals surface area contributed by atoms with Crippen molar-refractivity contribution in [3.63, 3.8) is 0 Å². The van der Waals surface area contributed by atoms with Gasteiger partial charge in [-0.15, -0.1) is 0 Å². The Balaban J connectivity index is 1.55. The van der Waals surface area contributed by atoms with Crippen LogP contribution in [0.4, 0.5) is 10.1 Å². The molecule has 0 saturated carbocycles. The highest BCUT2D eigenvalue weighted by molar-refractivity contribution is 6.30. The summed E-state index contributed by atoms with van der Waals surface area (Å²) in [6.45, 7) is 8.50. The maximum atomic E-state index is 13.3. The Morgan fingerprint density at radius 1 is 1.17 bits per heavy atom. The summed E-state index contributed by atoms with van der Waals surface area (Å²) in [4.78, 5) is 23.1. The van der Waals surface area contributed by atoms with Crippen molar-refractivity contribution in [2.45, 2.75) is 46.5 Å². The SMILES string of the molecule is Cc1ncc(-c2ccc(OCCc3ccc(F)c(Cl)c3)cn2)c(N2CCC(C)(C)CC2)c1CC(=O)O. The summed E-state index contributed by atoms with van der Waals surface area (Å²) in [5.41, 5.74) is 5.06. The van der Waals surface area contributed by atoms with Crippen LogP contribution in [0.1, 0.15) is 43.5 Å². The van der Waals surface area contributed by atoms with Crippen LogP contribution in [-0.2, 0) is 17.6 Å². The zero-order chi connectivity index (χ0) is 25.9. The Hall–Kier alpha value is -3.19. The molecule has 36 heavy (non-hydrogen) atoms. The molecule has 0 unspecified atom stereocenters. The van der Waals surface area contributed by atoms with Crippen molar-refractivity contribution in [3.8, 4) is 17.0 Å².